The number of aryl methyl sites for hydroxylation is 3. The van der Waals surface area contributed by atoms with E-state index in [9.17, 15) is 14.3 Å². The maximum Gasteiger partial charge on any atom is 0.271 e. The van der Waals surface area contributed by atoms with Gasteiger partial charge in [-0.2, -0.15) is 0 Å². The number of hydrogen-bond acceptors (Lipinski definition) is 6. The number of ether oxygens (including phenoxy) is 1. The fourth-order valence-electron chi connectivity index (χ4n) is 4.51. The van der Waals surface area contributed by atoms with Crippen LogP contribution in [-0.2, 0) is 5.60 Å². The Balaban J connectivity index is 1.81. The molecule has 0 radical (unpaired) electrons. The minimum absolute atomic E-state index is 0.230. The molecule has 0 fully saturated rings. The molecule has 0 saturated carbocycles. The average molecular weight is 517 g/mol. The van der Waals surface area contributed by atoms with E-state index in [1.807, 2.05) is 26.1 Å². The second-order valence-corrected chi connectivity index (χ2v) is 9.88. The Morgan fingerprint density at radius 3 is 2.42 bits per heavy atom. The van der Waals surface area contributed by atoms with Crippen molar-refractivity contribution in [2.75, 3.05) is 6.54 Å². The van der Waals surface area contributed by atoms with Crippen molar-refractivity contribution >= 4 is 17.2 Å². The molecule has 0 aliphatic carbocycles. The van der Waals surface area contributed by atoms with Crippen molar-refractivity contribution in [3.8, 4) is 22.8 Å². The van der Waals surface area contributed by atoms with Crippen LogP contribution in [0, 0.1) is 26.6 Å². The second-order valence-electron chi connectivity index (χ2n) is 9.88. The van der Waals surface area contributed by atoms with E-state index in [1.54, 1.807) is 54.8 Å². The molecule has 0 atom stereocenters. The van der Waals surface area contributed by atoms with E-state index in [-0.39, 0.29) is 17.4 Å². The van der Waals surface area contributed by atoms with Gasteiger partial charge in [-0.05, 0) is 82.5 Å². The number of halogens is 1. The van der Waals surface area contributed by atoms with Crippen molar-refractivity contribution < 1.29 is 19.0 Å². The zero-order chi connectivity index (χ0) is 27.4. The molecule has 0 saturated heterocycles. The van der Waals surface area contributed by atoms with Gasteiger partial charge in [0.05, 0.1) is 11.3 Å². The Morgan fingerprint density at radius 1 is 1.05 bits per heavy atom. The fraction of sp³-hybridized carbons (Fsp3) is 0.286. The van der Waals surface area contributed by atoms with Crippen molar-refractivity contribution in [1.29, 1.82) is 0 Å². The summed E-state index contributed by atoms with van der Waals surface area (Å²) < 4.78 is 24.0. The van der Waals surface area contributed by atoms with Crippen LogP contribution in [0.5, 0.6) is 11.5 Å². The van der Waals surface area contributed by atoms with E-state index < -0.39 is 5.60 Å². The van der Waals surface area contributed by atoms with Gasteiger partial charge in [0.25, 0.3) is 5.91 Å². The third-order valence-electron chi connectivity index (χ3n) is 6.45. The Bertz CT molecular complexity index is 1690. The molecular weight excluding hydrogens is 487 g/mol. The summed E-state index contributed by atoms with van der Waals surface area (Å²) in [7, 11) is 0. The molecule has 2 N–H and O–H groups in total. The van der Waals surface area contributed by atoms with Gasteiger partial charge in [0, 0.05) is 24.5 Å². The number of fused-ring (bicyclic) bond motifs is 3. The van der Waals surface area contributed by atoms with Crippen LogP contribution < -0.4 is 10.1 Å². The number of benzene rings is 2. The van der Waals surface area contributed by atoms with Crippen LogP contribution in [0.1, 0.15) is 53.8 Å². The van der Waals surface area contributed by atoms with Crippen molar-refractivity contribution in [1.82, 2.24) is 29.3 Å². The lowest BCUT2D eigenvalue weighted by Crippen LogP contribution is -2.22. The first kappa shape index (κ1) is 25.3. The first-order valence-electron chi connectivity index (χ1n) is 12.3. The highest BCUT2D eigenvalue weighted by atomic mass is 19.1. The molecule has 2 aromatic carbocycles. The number of nitrogens with one attached hydrogen (secondary N) is 1. The standard InChI is InChI=1S/C28H29FN6O3/c1-7-30-27(36)21-13-35-22(14-34-17(4)32-33-26(34)25(35)31-21)20-12-18(28(5,6)37)8-9-23(20)38-24-15(2)10-19(29)11-16(24)3/h8-14,37H,7H2,1-6H3,(H,30,36). The minimum Gasteiger partial charge on any atom is -0.456 e. The van der Waals surface area contributed by atoms with Crippen LogP contribution in [0.25, 0.3) is 22.6 Å². The molecule has 1 amide bonds. The van der Waals surface area contributed by atoms with Gasteiger partial charge >= 0.3 is 0 Å². The van der Waals surface area contributed by atoms with Crippen LogP contribution in [0.3, 0.4) is 0 Å². The number of amides is 1. The largest absolute Gasteiger partial charge is 0.456 e. The van der Waals surface area contributed by atoms with Crippen molar-refractivity contribution in [2.45, 2.75) is 47.1 Å². The highest BCUT2D eigenvalue weighted by Crippen LogP contribution is 2.39. The third-order valence-corrected chi connectivity index (χ3v) is 6.45. The van der Waals surface area contributed by atoms with Gasteiger partial charge in [-0.15, -0.1) is 10.2 Å². The average Bonchev–Trinajstić information content (AvgIpc) is 3.44. The molecule has 5 rings (SSSR count). The third kappa shape index (κ3) is 4.37. The van der Waals surface area contributed by atoms with Gasteiger partial charge in [0.2, 0.25) is 5.65 Å². The maximum atomic E-state index is 14.0. The van der Waals surface area contributed by atoms with Gasteiger partial charge in [-0.1, -0.05) is 6.07 Å². The Kier molecular flexibility index (Phi) is 6.15. The molecule has 5 aromatic rings. The number of imidazole rings is 1. The second kappa shape index (κ2) is 9.21. The molecule has 0 aliphatic heterocycles. The predicted molar refractivity (Wildman–Crippen MR) is 141 cm³/mol. The molecule has 10 heteroatoms. The summed E-state index contributed by atoms with van der Waals surface area (Å²) in [6.45, 7) is 11.1. The minimum atomic E-state index is -1.13. The van der Waals surface area contributed by atoms with E-state index in [2.05, 4.69) is 20.5 Å². The van der Waals surface area contributed by atoms with E-state index in [0.29, 0.717) is 63.1 Å². The highest BCUT2D eigenvalue weighted by Gasteiger charge is 2.24. The number of aromatic nitrogens is 5. The van der Waals surface area contributed by atoms with Crippen LogP contribution in [-0.4, -0.2) is 41.5 Å². The monoisotopic (exact) mass is 516 g/mol. The van der Waals surface area contributed by atoms with Gasteiger partial charge in [-0.3, -0.25) is 13.6 Å². The molecule has 196 valence electrons. The molecular formula is C28H29FN6O3. The Morgan fingerprint density at radius 2 is 1.76 bits per heavy atom. The lowest BCUT2D eigenvalue weighted by molar-refractivity contribution is 0.0786. The number of nitrogens with zero attached hydrogens (tertiary/aromatic N) is 5. The molecule has 0 aliphatic rings. The van der Waals surface area contributed by atoms with Gasteiger partial charge in [-0.25, -0.2) is 9.37 Å². The van der Waals surface area contributed by atoms with Gasteiger partial charge in [0.15, 0.2) is 5.65 Å². The number of carbonyl (C=O) groups excluding carboxylic acids is 1. The maximum absolute atomic E-state index is 14.0. The highest BCUT2D eigenvalue weighted by molar-refractivity contribution is 5.94. The summed E-state index contributed by atoms with van der Waals surface area (Å²) in [6, 6.07) is 8.26. The lowest BCUT2D eigenvalue weighted by Gasteiger charge is -2.22. The lowest BCUT2D eigenvalue weighted by atomic mass is 9.95. The summed E-state index contributed by atoms with van der Waals surface area (Å²) in [6.07, 6.45) is 3.50. The quantitative estimate of drug-likeness (QED) is 0.333. The van der Waals surface area contributed by atoms with Crippen LogP contribution >= 0.6 is 0 Å². The first-order valence-corrected chi connectivity index (χ1v) is 12.3. The zero-order valence-electron chi connectivity index (χ0n) is 22.1. The van der Waals surface area contributed by atoms with E-state index in [0.717, 1.165) is 0 Å². The zero-order valence-corrected chi connectivity index (χ0v) is 22.1. The predicted octanol–water partition coefficient (Wildman–Crippen LogP) is 4.88. The summed E-state index contributed by atoms with van der Waals surface area (Å²) in [4.78, 5) is 17.3. The molecule has 38 heavy (non-hydrogen) atoms. The summed E-state index contributed by atoms with van der Waals surface area (Å²) >= 11 is 0. The van der Waals surface area contributed by atoms with Crippen molar-refractivity contribution in [3.05, 3.63) is 76.8 Å². The Hall–Kier alpha value is -4.31. The summed E-state index contributed by atoms with van der Waals surface area (Å²) in [5.74, 6) is 1.01. The fourth-order valence-corrected chi connectivity index (χ4v) is 4.51. The summed E-state index contributed by atoms with van der Waals surface area (Å²) in [5.41, 5.74) is 3.26. The van der Waals surface area contributed by atoms with E-state index in [1.165, 1.54) is 12.1 Å². The van der Waals surface area contributed by atoms with Crippen LogP contribution in [0.15, 0.2) is 42.7 Å². The number of rotatable bonds is 6. The molecule has 0 unspecified atom stereocenters. The molecule has 3 aromatic heterocycles. The van der Waals surface area contributed by atoms with E-state index in [4.69, 9.17) is 4.74 Å². The van der Waals surface area contributed by atoms with Crippen LogP contribution in [0.2, 0.25) is 0 Å². The number of aliphatic hydroxyl groups is 1. The molecule has 3 heterocycles. The number of hydrogen-bond donors (Lipinski definition) is 2. The number of carbonyl (C=O) groups is 1. The summed E-state index contributed by atoms with van der Waals surface area (Å²) in [5, 5.41) is 22.1. The molecule has 0 spiro atoms. The first-order chi connectivity index (χ1) is 18.0. The van der Waals surface area contributed by atoms with E-state index >= 15 is 0 Å². The molecule has 0 bridgehead atoms. The van der Waals surface area contributed by atoms with Crippen LogP contribution in [0.4, 0.5) is 4.39 Å². The molecule has 9 nitrogen and oxygen atoms in total. The SMILES string of the molecule is CCNC(=O)c1cn2c(-c3cc(C(C)(C)O)ccc3Oc3c(C)cc(F)cc3C)cn3c(C)nnc3c2n1. The van der Waals surface area contributed by atoms with Crippen molar-refractivity contribution in [2.24, 2.45) is 0 Å². The topological polar surface area (TPSA) is 106 Å². The smallest absolute Gasteiger partial charge is 0.271 e. The Labute approximate surface area is 218 Å². The van der Waals surface area contributed by atoms with Gasteiger partial charge in [0.1, 0.15) is 28.8 Å². The van der Waals surface area contributed by atoms with Crippen molar-refractivity contribution in [3.63, 3.8) is 0 Å². The normalized spacial score (nSPS) is 11.9. The van der Waals surface area contributed by atoms with Gasteiger partial charge < -0.3 is 15.2 Å².